The normalized spacial score (nSPS) is 11.6. The van der Waals surface area contributed by atoms with E-state index in [0.717, 1.165) is 46.4 Å². The minimum atomic E-state index is -4.10. The van der Waals surface area contributed by atoms with Crippen molar-refractivity contribution in [3.05, 3.63) is 95.4 Å². The number of alkyl halides is 3. The Hall–Kier alpha value is -3.41. The lowest BCUT2D eigenvalue weighted by atomic mass is 10.0. The number of nitrogens with zero attached hydrogens (tertiary/aromatic N) is 2. The van der Waals surface area contributed by atoms with Gasteiger partial charge in [-0.3, -0.25) is 4.98 Å². The average Bonchev–Trinajstić information content (AvgIpc) is 2.80. The zero-order valence-electron chi connectivity index (χ0n) is 18.5. The topological polar surface area (TPSA) is 37.8 Å². The number of benzene rings is 2. The number of pyridine rings is 2. The summed E-state index contributed by atoms with van der Waals surface area (Å²) < 4.78 is 37.1. The van der Waals surface area contributed by atoms with Gasteiger partial charge in [-0.2, -0.15) is 13.2 Å². The molecule has 6 heteroatoms. The van der Waals surface area contributed by atoms with Gasteiger partial charge in [-0.15, -0.1) is 0 Å². The maximum atomic E-state index is 12.4. The van der Waals surface area contributed by atoms with Crippen molar-refractivity contribution >= 4 is 22.3 Å². The maximum absolute atomic E-state index is 12.4. The smallest absolute Gasteiger partial charge is 0.340 e. The van der Waals surface area contributed by atoms with Crippen LogP contribution in [0.1, 0.15) is 35.2 Å². The van der Waals surface area contributed by atoms with Crippen molar-refractivity contribution in [3.63, 3.8) is 0 Å². The number of anilines is 2. The van der Waals surface area contributed by atoms with Gasteiger partial charge in [0.05, 0.1) is 0 Å². The van der Waals surface area contributed by atoms with Gasteiger partial charge in [0.25, 0.3) is 0 Å². The fourth-order valence-corrected chi connectivity index (χ4v) is 3.86. The molecule has 0 unspecified atom stereocenters. The van der Waals surface area contributed by atoms with E-state index in [4.69, 9.17) is 0 Å². The van der Waals surface area contributed by atoms with Gasteiger partial charge in [0.15, 0.2) is 0 Å². The van der Waals surface area contributed by atoms with Gasteiger partial charge in [0.2, 0.25) is 0 Å². The van der Waals surface area contributed by atoms with Crippen molar-refractivity contribution in [2.24, 2.45) is 0 Å². The first-order valence-corrected chi connectivity index (χ1v) is 11.1. The molecule has 0 aliphatic heterocycles. The molecule has 2 heterocycles. The summed E-state index contributed by atoms with van der Waals surface area (Å²) in [5.41, 5.74) is 5.13. The third-order valence-corrected chi connectivity index (χ3v) is 5.68. The predicted octanol–water partition coefficient (Wildman–Crippen LogP) is 7.35. The molecule has 0 radical (unpaired) electrons. The van der Waals surface area contributed by atoms with Crippen molar-refractivity contribution in [3.8, 4) is 0 Å². The number of rotatable bonds is 8. The van der Waals surface area contributed by atoms with Crippen LogP contribution in [-0.2, 0) is 19.3 Å². The molecule has 0 atom stereocenters. The monoisotopic (exact) mass is 449 g/mol. The Morgan fingerprint density at radius 1 is 0.758 bits per heavy atom. The van der Waals surface area contributed by atoms with Crippen LogP contribution in [0, 0.1) is 6.92 Å². The Morgan fingerprint density at radius 3 is 2.18 bits per heavy atom. The van der Waals surface area contributed by atoms with Crippen LogP contribution in [0.15, 0.2) is 73.1 Å². The molecule has 3 nitrogen and oxygen atoms in total. The van der Waals surface area contributed by atoms with Crippen LogP contribution in [-0.4, -0.2) is 16.1 Å². The van der Waals surface area contributed by atoms with Crippen molar-refractivity contribution in [2.75, 3.05) is 5.32 Å². The molecule has 2 aromatic carbocycles. The number of nitrogens with one attached hydrogen (secondary N) is 1. The molecule has 0 bridgehead atoms. The van der Waals surface area contributed by atoms with Crippen LogP contribution < -0.4 is 5.32 Å². The summed E-state index contributed by atoms with van der Waals surface area (Å²) in [5, 5.41) is 5.55. The minimum absolute atomic E-state index is 0.0998. The van der Waals surface area contributed by atoms with Crippen LogP contribution in [0.2, 0.25) is 0 Å². The van der Waals surface area contributed by atoms with Crippen molar-refractivity contribution in [2.45, 2.75) is 45.2 Å². The molecule has 2 aromatic heterocycles. The summed E-state index contributed by atoms with van der Waals surface area (Å²) in [6.45, 7) is 1.98. The molecular weight excluding hydrogens is 423 g/mol. The lowest BCUT2D eigenvalue weighted by molar-refractivity contribution is -0.135. The van der Waals surface area contributed by atoms with E-state index in [-0.39, 0.29) is 6.42 Å². The first-order chi connectivity index (χ1) is 15.9. The fraction of sp³-hybridized carbons (Fsp3) is 0.259. The quantitative estimate of drug-likeness (QED) is 0.306. The minimum Gasteiger partial charge on any atom is -0.340 e. The molecule has 33 heavy (non-hydrogen) atoms. The van der Waals surface area contributed by atoms with E-state index in [1.54, 1.807) is 0 Å². The Morgan fingerprint density at radius 2 is 1.48 bits per heavy atom. The van der Waals surface area contributed by atoms with Gasteiger partial charge < -0.3 is 5.32 Å². The van der Waals surface area contributed by atoms with E-state index in [1.807, 2.05) is 67.8 Å². The van der Waals surface area contributed by atoms with E-state index in [9.17, 15) is 13.2 Å². The van der Waals surface area contributed by atoms with Crippen LogP contribution in [0.3, 0.4) is 0 Å². The Bertz CT molecular complexity index is 1200. The number of fused-ring (bicyclic) bond motifs is 1. The van der Waals surface area contributed by atoms with E-state index in [1.165, 1.54) is 11.1 Å². The first-order valence-electron chi connectivity index (χ1n) is 11.1. The molecule has 0 fully saturated rings. The SMILES string of the molecule is Cc1ccc(CCc2cnc(Nc3ccc(CCCC(F)(F)F)cc3)c3ccccc23)cn1. The molecule has 1 N–H and O–H groups in total. The highest BCUT2D eigenvalue weighted by molar-refractivity contribution is 5.95. The van der Waals surface area contributed by atoms with Gasteiger partial charge in [0, 0.05) is 35.6 Å². The molecule has 0 amide bonds. The molecule has 0 aliphatic carbocycles. The summed E-state index contributed by atoms with van der Waals surface area (Å²) in [7, 11) is 0. The van der Waals surface area contributed by atoms with E-state index < -0.39 is 12.6 Å². The summed E-state index contributed by atoms with van der Waals surface area (Å²) >= 11 is 0. The highest BCUT2D eigenvalue weighted by Crippen LogP contribution is 2.28. The van der Waals surface area contributed by atoms with Crippen LogP contribution in [0.4, 0.5) is 24.7 Å². The van der Waals surface area contributed by atoms with Gasteiger partial charge in [-0.25, -0.2) is 4.98 Å². The van der Waals surface area contributed by atoms with Crippen LogP contribution in [0.25, 0.3) is 10.8 Å². The molecule has 0 saturated carbocycles. The van der Waals surface area contributed by atoms with E-state index >= 15 is 0 Å². The van der Waals surface area contributed by atoms with E-state index in [0.29, 0.717) is 6.42 Å². The fourth-order valence-electron chi connectivity index (χ4n) is 3.86. The highest BCUT2D eigenvalue weighted by Gasteiger charge is 2.25. The Labute approximate surface area is 191 Å². The molecule has 0 spiro atoms. The lowest BCUT2D eigenvalue weighted by Gasteiger charge is -2.13. The maximum Gasteiger partial charge on any atom is 0.389 e. The predicted molar refractivity (Wildman–Crippen MR) is 127 cm³/mol. The molecule has 0 saturated heterocycles. The van der Waals surface area contributed by atoms with Crippen LogP contribution >= 0.6 is 0 Å². The van der Waals surface area contributed by atoms with Gasteiger partial charge in [-0.1, -0.05) is 42.5 Å². The summed E-state index contributed by atoms with van der Waals surface area (Å²) in [4.78, 5) is 9.05. The highest BCUT2D eigenvalue weighted by atomic mass is 19.4. The lowest BCUT2D eigenvalue weighted by Crippen LogP contribution is -2.07. The third kappa shape index (κ3) is 6.31. The Kier molecular flexibility index (Phi) is 6.92. The second-order valence-corrected chi connectivity index (χ2v) is 8.28. The second kappa shape index (κ2) is 10.0. The second-order valence-electron chi connectivity index (χ2n) is 8.28. The number of halogens is 3. The van der Waals surface area contributed by atoms with Gasteiger partial charge >= 0.3 is 6.18 Å². The number of aromatic nitrogens is 2. The standard InChI is InChI=1S/C27H26F3N3/c1-19-8-9-21(17-31-19)10-13-22-18-32-26(25-7-3-2-6-24(22)25)33-23-14-11-20(12-15-23)5-4-16-27(28,29)30/h2-3,6-9,11-12,14-15,17-18H,4-5,10,13,16H2,1H3,(H,32,33). The zero-order valence-corrected chi connectivity index (χ0v) is 18.5. The number of hydrogen-bond acceptors (Lipinski definition) is 3. The molecule has 170 valence electrons. The van der Waals surface area contributed by atoms with Crippen molar-refractivity contribution in [1.82, 2.24) is 9.97 Å². The third-order valence-electron chi connectivity index (χ3n) is 5.68. The summed E-state index contributed by atoms with van der Waals surface area (Å²) in [6, 6.07) is 19.8. The first kappa shape index (κ1) is 22.8. The molecular formula is C27H26F3N3. The largest absolute Gasteiger partial charge is 0.389 e. The van der Waals surface area contributed by atoms with E-state index in [2.05, 4.69) is 27.4 Å². The summed E-state index contributed by atoms with van der Waals surface area (Å²) in [6.07, 6.45) is 1.25. The molecule has 4 aromatic rings. The van der Waals surface area contributed by atoms with Gasteiger partial charge in [0.1, 0.15) is 5.82 Å². The van der Waals surface area contributed by atoms with Crippen molar-refractivity contribution < 1.29 is 13.2 Å². The average molecular weight is 450 g/mol. The van der Waals surface area contributed by atoms with Crippen molar-refractivity contribution in [1.29, 1.82) is 0 Å². The Balaban J connectivity index is 1.46. The molecule has 4 rings (SSSR count). The molecule has 0 aliphatic rings. The van der Waals surface area contributed by atoms with Crippen LogP contribution in [0.5, 0.6) is 0 Å². The number of aryl methyl sites for hydroxylation is 4. The van der Waals surface area contributed by atoms with Gasteiger partial charge in [-0.05, 0) is 72.9 Å². The zero-order chi connectivity index (χ0) is 23.3. The summed E-state index contributed by atoms with van der Waals surface area (Å²) in [5.74, 6) is 0.760. The number of hydrogen-bond donors (Lipinski definition) is 1.